The zero-order valence-corrected chi connectivity index (χ0v) is 25.3. The van der Waals surface area contributed by atoms with Crippen LogP contribution in [0.25, 0.3) is 11.8 Å². The van der Waals surface area contributed by atoms with E-state index >= 15 is 0 Å². The van der Waals surface area contributed by atoms with Crippen molar-refractivity contribution >= 4 is 52.4 Å². The van der Waals surface area contributed by atoms with Crippen molar-refractivity contribution in [2.75, 3.05) is 6.61 Å². The zero-order valence-electron chi connectivity index (χ0n) is 22.9. The number of aromatic nitrogens is 3. The largest absolute Gasteiger partial charge is 0.463 e. The second-order valence-electron chi connectivity index (χ2n) is 9.43. The van der Waals surface area contributed by atoms with Crippen molar-refractivity contribution in [1.82, 2.24) is 14.5 Å². The lowest BCUT2D eigenvalue weighted by atomic mass is 9.93. The van der Waals surface area contributed by atoms with Crippen molar-refractivity contribution in [3.05, 3.63) is 136 Å². The Morgan fingerprint density at radius 2 is 1.91 bits per heavy atom. The summed E-state index contributed by atoms with van der Waals surface area (Å²) < 4.78 is 13.3. The van der Waals surface area contributed by atoms with Crippen LogP contribution in [0.2, 0.25) is 5.02 Å². The molecule has 6 rings (SSSR count). The minimum absolute atomic E-state index is 0.160. The molecule has 5 aromatic rings. The van der Waals surface area contributed by atoms with E-state index in [-0.39, 0.29) is 23.3 Å². The highest BCUT2D eigenvalue weighted by atomic mass is 35.5. The summed E-state index contributed by atoms with van der Waals surface area (Å²) in [6.45, 7) is 3.63. The fourth-order valence-electron chi connectivity index (χ4n) is 4.69. The van der Waals surface area contributed by atoms with Crippen LogP contribution in [0.4, 0.5) is 0 Å². The summed E-state index contributed by atoms with van der Waals surface area (Å²) in [5.74, 6) is -0.131. The van der Waals surface area contributed by atoms with Gasteiger partial charge >= 0.3 is 5.97 Å². The topological polar surface area (TPSA) is 120 Å². The maximum atomic E-state index is 14.0. The molecule has 0 bridgehead atoms. The van der Waals surface area contributed by atoms with E-state index < -0.39 is 12.0 Å². The minimum atomic E-state index is -0.808. The first-order chi connectivity index (χ1) is 20.8. The number of fused-ring (bicyclic) bond motifs is 1. The van der Waals surface area contributed by atoms with E-state index in [9.17, 15) is 14.4 Å². The molecule has 216 valence electrons. The van der Waals surface area contributed by atoms with Crippen molar-refractivity contribution in [3.63, 3.8) is 0 Å². The van der Waals surface area contributed by atoms with Gasteiger partial charge in [0.25, 0.3) is 11.1 Å². The average molecular weight is 631 g/mol. The number of H-pyrrole nitrogens is 1. The summed E-state index contributed by atoms with van der Waals surface area (Å²) in [5, 5.41) is 1.41. The number of aryl methyl sites for hydroxylation is 1. The highest BCUT2D eigenvalue weighted by Crippen LogP contribution is 2.35. The van der Waals surface area contributed by atoms with Crippen molar-refractivity contribution in [3.8, 4) is 0 Å². The highest BCUT2D eigenvalue weighted by Gasteiger charge is 2.35. The molecule has 0 aliphatic carbocycles. The molecule has 1 aliphatic heterocycles. The minimum Gasteiger partial charge on any atom is -0.463 e. The molecule has 1 N–H and O–H groups in total. The molecule has 0 radical (unpaired) electrons. The Hall–Kier alpha value is -4.45. The van der Waals surface area contributed by atoms with Gasteiger partial charge in [-0.15, -0.1) is 0 Å². The second kappa shape index (κ2) is 12.0. The summed E-state index contributed by atoms with van der Waals surface area (Å²) in [4.78, 5) is 51.6. The smallest absolute Gasteiger partial charge is 0.338 e. The van der Waals surface area contributed by atoms with Crippen LogP contribution >= 0.6 is 34.7 Å². The number of aromatic amines is 1. The number of furan rings is 1. The van der Waals surface area contributed by atoms with Crippen LogP contribution in [-0.4, -0.2) is 27.1 Å². The number of nitrogens with zero attached hydrogens (tertiary/aromatic N) is 3. The van der Waals surface area contributed by atoms with Crippen LogP contribution in [0.15, 0.2) is 108 Å². The lowest BCUT2D eigenvalue weighted by Crippen LogP contribution is -2.39. The highest BCUT2D eigenvalue weighted by molar-refractivity contribution is 7.99. The number of thiazole rings is 1. The molecule has 0 unspecified atom stereocenters. The molecule has 0 saturated carbocycles. The van der Waals surface area contributed by atoms with E-state index in [1.807, 2.05) is 30.3 Å². The van der Waals surface area contributed by atoms with Crippen LogP contribution in [0.3, 0.4) is 0 Å². The van der Waals surface area contributed by atoms with Gasteiger partial charge in [-0.2, -0.15) is 0 Å². The Bertz CT molecular complexity index is 2110. The van der Waals surface area contributed by atoms with E-state index in [1.165, 1.54) is 22.0 Å². The lowest BCUT2D eigenvalue weighted by Gasteiger charge is -2.25. The van der Waals surface area contributed by atoms with Crippen molar-refractivity contribution in [2.24, 2.45) is 4.99 Å². The molecule has 0 amide bonds. The number of nitrogens with one attached hydrogen (secondary N) is 1. The van der Waals surface area contributed by atoms with Gasteiger partial charge < -0.3 is 14.1 Å². The summed E-state index contributed by atoms with van der Waals surface area (Å²) in [6.07, 6.45) is 1.63. The third-order valence-corrected chi connectivity index (χ3v) is 8.52. The van der Waals surface area contributed by atoms with Crippen LogP contribution < -0.4 is 20.5 Å². The fraction of sp³-hybridized carbons (Fsp3) is 0.129. The van der Waals surface area contributed by atoms with Crippen molar-refractivity contribution in [1.29, 1.82) is 0 Å². The average Bonchev–Trinajstić information content (AvgIpc) is 3.55. The van der Waals surface area contributed by atoms with E-state index in [4.69, 9.17) is 25.7 Å². The number of esters is 1. The molecule has 1 aliphatic rings. The van der Waals surface area contributed by atoms with Gasteiger partial charge in [0.15, 0.2) is 15.1 Å². The number of hydrogen-bond acceptors (Lipinski definition) is 9. The van der Waals surface area contributed by atoms with Gasteiger partial charge in [0, 0.05) is 28.4 Å². The van der Waals surface area contributed by atoms with E-state index in [2.05, 4.69) is 9.97 Å². The van der Waals surface area contributed by atoms with Crippen molar-refractivity contribution in [2.45, 2.75) is 30.1 Å². The number of ether oxygens (including phenoxy) is 1. The molecule has 0 fully saturated rings. The Morgan fingerprint density at radius 1 is 1.14 bits per heavy atom. The fourth-order valence-corrected chi connectivity index (χ4v) is 6.60. The van der Waals surface area contributed by atoms with Crippen LogP contribution in [0.5, 0.6) is 0 Å². The number of carbonyl (C=O) groups is 1. The first-order valence-electron chi connectivity index (χ1n) is 13.2. The predicted molar refractivity (Wildman–Crippen MR) is 165 cm³/mol. The molecule has 12 heteroatoms. The number of hydrogen-bond donors (Lipinski definition) is 1. The molecular weight excluding hydrogens is 608 g/mol. The standard InChI is InChI=1S/C31H23ClN4O5S2/c1-3-40-29(39)25-26(18-7-5-4-6-8-18)35-31-36(27(25)19-9-11-20(32)12-10-19)28(38)22(42-31)16-21-13-14-24(41-21)43-30-33-17(2)15-23(37)34-30/h4-16,27H,3H2,1-2H3,(H,33,34,37)/b22-16+/t27-/m0/s1. The summed E-state index contributed by atoms with van der Waals surface area (Å²) in [7, 11) is 0. The molecule has 2 aromatic carbocycles. The van der Waals surface area contributed by atoms with Gasteiger partial charge in [0.05, 0.1) is 28.5 Å². The summed E-state index contributed by atoms with van der Waals surface area (Å²) in [6, 6.07) is 20.4. The van der Waals surface area contributed by atoms with Gasteiger partial charge in [-0.1, -0.05) is 65.4 Å². The van der Waals surface area contributed by atoms with Crippen LogP contribution in [-0.2, 0) is 9.53 Å². The molecule has 3 aromatic heterocycles. The summed E-state index contributed by atoms with van der Waals surface area (Å²) in [5.41, 5.74) is 2.08. The quantitative estimate of drug-likeness (QED) is 0.204. The Morgan fingerprint density at radius 3 is 2.63 bits per heavy atom. The van der Waals surface area contributed by atoms with Gasteiger partial charge in [-0.3, -0.25) is 14.2 Å². The maximum absolute atomic E-state index is 14.0. The first-order valence-corrected chi connectivity index (χ1v) is 15.2. The van der Waals surface area contributed by atoms with Gasteiger partial charge in [-0.25, -0.2) is 14.8 Å². The third-order valence-electron chi connectivity index (χ3n) is 6.48. The Kier molecular flexibility index (Phi) is 8.02. The Labute approximate surface area is 257 Å². The molecule has 9 nitrogen and oxygen atoms in total. The maximum Gasteiger partial charge on any atom is 0.338 e. The second-order valence-corrected chi connectivity index (χ2v) is 11.9. The molecule has 1 atom stereocenters. The predicted octanol–water partition coefficient (Wildman–Crippen LogP) is 4.72. The SMILES string of the molecule is CCOC(=O)C1=C(c2ccccc2)N=c2s/c(=C/c3ccc(Sc4nc(C)cc(=O)[nH]4)o3)c(=O)n2[C@H]1c1ccc(Cl)cc1. The molecular formula is C31H23ClN4O5S2. The summed E-state index contributed by atoms with van der Waals surface area (Å²) >= 11 is 8.54. The van der Waals surface area contributed by atoms with Crippen LogP contribution in [0, 0.1) is 6.92 Å². The zero-order chi connectivity index (χ0) is 30.1. The van der Waals surface area contributed by atoms with Gasteiger partial charge in [-0.05, 0) is 55.4 Å². The van der Waals surface area contributed by atoms with E-state index in [0.717, 1.165) is 17.3 Å². The molecule has 4 heterocycles. The van der Waals surface area contributed by atoms with E-state index in [1.54, 1.807) is 56.3 Å². The number of halogens is 1. The lowest BCUT2D eigenvalue weighted by molar-refractivity contribution is -0.138. The number of carbonyl (C=O) groups excluding carboxylic acids is 1. The third kappa shape index (κ3) is 5.92. The molecule has 0 spiro atoms. The molecule has 0 saturated heterocycles. The number of rotatable bonds is 7. The van der Waals surface area contributed by atoms with Gasteiger partial charge in [0.2, 0.25) is 0 Å². The monoisotopic (exact) mass is 630 g/mol. The number of benzene rings is 2. The molecule has 43 heavy (non-hydrogen) atoms. The Balaban J connectivity index is 1.50. The normalized spacial score (nSPS) is 14.9. The van der Waals surface area contributed by atoms with Crippen LogP contribution in [0.1, 0.15) is 35.5 Å². The van der Waals surface area contributed by atoms with Gasteiger partial charge in [0.1, 0.15) is 5.76 Å². The van der Waals surface area contributed by atoms with E-state index in [0.29, 0.717) is 47.3 Å². The first kappa shape index (κ1) is 28.7. The van der Waals surface area contributed by atoms with Crippen molar-refractivity contribution < 1.29 is 13.9 Å².